The second kappa shape index (κ2) is 5.97. The molecule has 98 valence electrons. The SMILES string of the molecule is CCNC(Cc1ccc(O)c([N+](=O)[O-])c1)C(=O)O. The molecule has 0 saturated heterocycles. The van der Waals surface area contributed by atoms with Crippen LogP contribution in [0.5, 0.6) is 5.75 Å². The van der Waals surface area contributed by atoms with Gasteiger partial charge in [0.15, 0.2) is 5.75 Å². The van der Waals surface area contributed by atoms with E-state index >= 15 is 0 Å². The van der Waals surface area contributed by atoms with Crippen molar-refractivity contribution < 1.29 is 19.9 Å². The topological polar surface area (TPSA) is 113 Å². The number of hydrogen-bond acceptors (Lipinski definition) is 5. The van der Waals surface area contributed by atoms with Crippen molar-refractivity contribution in [3.63, 3.8) is 0 Å². The normalized spacial score (nSPS) is 12.1. The van der Waals surface area contributed by atoms with Crippen LogP contribution >= 0.6 is 0 Å². The fourth-order valence-electron chi connectivity index (χ4n) is 1.57. The van der Waals surface area contributed by atoms with Crippen molar-refractivity contribution in [1.29, 1.82) is 0 Å². The van der Waals surface area contributed by atoms with Gasteiger partial charge in [-0.25, -0.2) is 0 Å². The average molecular weight is 254 g/mol. The molecule has 0 aromatic heterocycles. The molecule has 1 atom stereocenters. The molecule has 1 rings (SSSR count). The maximum atomic E-state index is 10.9. The Morgan fingerprint density at radius 3 is 2.72 bits per heavy atom. The number of carboxylic acids is 1. The van der Waals surface area contributed by atoms with Crippen molar-refractivity contribution in [2.24, 2.45) is 0 Å². The van der Waals surface area contributed by atoms with Crippen LogP contribution in [0.4, 0.5) is 5.69 Å². The lowest BCUT2D eigenvalue weighted by atomic mass is 10.0. The second-order valence-corrected chi connectivity index (χ2v) is 3.73. The third-order valence-corrected chi connectivity index (χ3v) is 2.42. The van der Waals surface area contributed by atoms with E-state index in [0.717, 1.165) is 0 Å². The van der Waals surface area contributed by atoms with E-state index in [1.54, 1.807) is 6.92 Å². The van der Waals surface area contributed by atoms with Gasteiger partial charge in [-0.1, -0.05) is 13.0 Å². The monoisotopic (exact) mass is 254 g/mol. The van der Waals surface area contributed by atoms with E-state index in [1.165, 1.54) is 18.2 Å². The first kappa shape index (κ1) is 13.9. The Morgan fingerprint density at radius 1 is 1.56 bits per heavy atom. The van der Waals surface area contributed by atoms with Crippen LogP contribution in [0.2, 0.25) is 0 Å². The zero-order valence-corrected chi connectivity index (χ0v) is 9.79. The molecule has 0 aliphatic heterocycles. The smallest absolute Gasteiger partial charge is 0.321 e. The molecule has 0 spiro atoms. The minimum atomic E-state index is -1.02. The number of rotatable bonds is 6. The third-order valence-electron chi connectivity index (χ3n) is 2.42. The van der Waals surface area contributed by atoms with Crippen LogP contribution in [0.1, 0.15) is 12.5 Å². The summed E-state index contributed by atoms with van der Waals surface area (Å²) in [6.45, 7) is 2.26. The van der Waals surface area contributed by atoms with Crippen LogP contribution in [-0.2, 0) is 11.2 Å². The number of phenolic OH excluding ortho intramolecular Hbond substituents is 1. The van der Waals surface area contributed by atoms with E-state index in [4.69, 9.17) is 5.11 Å². The fraction of sp³-hybridized carbons (Fsp3) is 0.364. The van der Waals surface area contributed by atoms with Crippen LogP contribution in [-0.4, -0.2) is 33.7 Å². The number of hydrogen-bond donors (Lipinski definition) is 3. The maximum Gasteiger partial charge on any atom is 0.321 e. The van der Waals surface area contributed by atoms with Gasteiger partial charge in [-0.05, 0) is 24.6 Å². The van der Waals surface area contributed by atoms with Gasteiger partial charge in [0.2, 0.25) is 0 Å². The Hall–Kier alpha value is -2.15. The quantitative estimate of drug-likeness (QED) is 0.513. The van der Waals surface area contributed by atoms with Gasteiger partial charge in [0.25, 0.3) is 0 Å². The lowest BCUT2D eigenvalue weighted by Gasteiger charge is -2.12. The minimum absolute atomic E-state index is 0.115. The summed E-state index contributed by atoms with van der Waals surface area (Å²) in [4.78, 5) is 20.9. The van der Waals surface area contributed by atoms with E-state index in [2.05, 4.69) is 5.32 Å². The van der Waals surface area contributed by atoms with Gasteiger partial charge in [-0.2, -0.15) is 0 Å². The summed E-state index contributed by atoms with van der Waals surface area (Å²) in [5.74, 6) is -1.45. The highest BCUT2D eigenvalue weighted by molar-refractivity contribution is 5.74. The lowest BCUT2D eigenvalue weighted by molar-refractivity contribution is -0.385. The van der Waals surface area contributed by atoms with Gasteiger partial charge in [-0.15, -0.1) is 0 Å². The summed E-state index contributed by atoms with van der Waals surface area (Å²) in [6, 6.07) is 3.04. The van der Waals surface area contributed by atoms with Crippen molar-refractivity contribution in [2.45, 2.75) is 19.4 Å². The first-order valence-electron chi connectivity index (χ1n) is 5.38. The molecule has 18 heavy (non-hydrogen) atoms. The van der Waals surface area contributed by atoms with Crippen LogP contribution in [0.3, 0.4) is 0 Å². The predicted molar refractivity (Wildman–Crippen MR) is 63.6 cm³/mol. The van der Waals surface area contributed by atoms with Gasteiger partial charge in [0.05, 0.1) is 4.92 Å². The number of carbonyl (C=O) groups is 1. The number of nitro groups is 1. The van der Waals surface area contributed by atoms with E-state index in [9.17, 15) is 20.0 Å². The molecule has 1 aromatic rings. The number of nitrogens with zero attached hydrogens (tertiary/aromatic N) is 1. The highest BCUT2D eigenvalue weighted by atomic mass is 16.6. The number of nitrogens with one attached hydrogen (secondary N) is 1. The fourth-order valence-corrected chi connectivity index (χ4v) is 1.57. The van der Waals surface area contributed by atoms with Gasteiger partial charge >= 0.3 is 11.7 Å². The highest BCUT2D eigenvalue weighted by Gasteiger charge is 2.19. The summed E-state index contributed by atoms with van der Waals surface area (Å²) in [5, 5.41) is 31.6. The van der Waals surface area contributed by atoms with Gasteiger partial charge in [-0.3, -0.25) is 14.9 Å². The molecule has 3 N–H and O–H groups in total. The van der Waals surface area contributed by atoms with Crippen LogP contribution in [0.25, 0.3) is 0 Å². The summed E-state index contributed by atoms with van der Waals surface area (Å²) in [7, 11) is 0. The lowest BCUT2D eigenvalue weighted by Crippen LogP contribution is -2.38. The zero-order chi connectivity index (χ0) is 13.7. The maximum absolute atomic E-state index is 10.9. The summed E-state index contributed by atoms with van der Waals surface area (Å²) in [6.07, 6.45) is 0.115. The Balaban J connectivity index is 2.93. The predicted octanol–water partition coefficient (Wildman–Crippen LogP) is 0.906. The molecule has 0 amide bonds. The largest absolute Gasteiger partial charge is 0.502 e. The number of phenols is 1. The molecule has 0 bridgehead atoms. The molecule has 0 saturated carbocycles. The molecular formula is C11H14N2O5. The number of aromatic hydroxyl groups is 1. The van der Waals surface area contributed by atoms with Crippen LogP contribution in [0.15, 0.2) is 18.2 Å². The van der Waals surface area contributed by atoms with Crippen molar-refractivity contribution >= 4 is 11.7 Å². The summed E-state index contributed by atoms with van der Waals surface area (Å²) >= 11 is 0. The first-order valence-corrected chi connectivity index (χ1v) is 5.38. The number of carboxylic acid groups (broad SMARTS) is 1. The van der Waals surface area contributed by atoms with Gasteiger partial charge < -0.3 is 15.5 Å². The van der Waals surface area contributed by atoms with E-state index in [1.807, 2.05) is 0 Å². The molecule has 7 nitrogen and oxygen atoms in total. The average Bonchev–Trinajstić information content (AvgIpc) is 2.30. The van der Waals surface area contributed by atoms with Crippen molar-refractivity contribution in [2.75, 3.05) is 6.54 Å². The number of benzene rings is 1. The molecule has 0 heterocycles. The first-order chi connectivity index (χ1) is 8.45. The molecule has 1 aromatic carbocycles. The van der Waals surface area contributed by atoms with Crippen LogP contribution in [0, 0.1) is 10.1 Å². The van der Waals surface area contributed by atoms with E-state index in [-0.39, 0.29) is 6.42 Å². The van der Waals surface area contributed by atoms with Gasteiger partial charge in [0.1, 0.15) is 6.04 Å². The molecule has 0 fully saturated rings. The molecule has 7 heteroatoms. The van der Waals surface area contributed by atoms with Crippen molar-refractivity contribution in [1.82, 2.24) is 5.32 Å². The van der Waals surface area contributed by atoms with E-state index in [0.29, 0.717) is 12.1 Å². The number of nitro benzene ring substituents is 1. The summed E-state index contributed by atoms with van der Waals surface area (Å²) < 4.78 is 0. The second-order valence-electron chi connectivity index (χ2n) is 3.73. The molecule has 0 radical (unpaired) electrons. The molecule has 0 aliphatic carbocycles. The standard InChI is InChI=1S/C11H14N2O5/c1-2-12-8(11(15)16)5-7-3-4-10(14)9(6-7)13(17)18/h3-4,6,8,12,14H,2,5H2,1H3,(H,15,16). The molecular weight excluding hydrogens is 240 g/mol. The number of likely N-dealkylation sites (N-methyl/N-ethyl adjacent to an activating group) is 1. The van der Waals surface area contributed by atoms with Crippen molar-refractivity contribution in [3.05, 3.63) is 33.9 Å². The van der Waals surface area contributed by atoms with Gasteiger partial charge in [0, 0.05) is 6.07 Å². The van der Waals surface area contributed by atoms with E-state index < -0.39 is 28.4 Å². The minimum Gasteiger partial charge on any atom is -0.502 e. The van der Waals surface area contributed by atoms with Crippen molar-refractivity contribution in [3.8, 4) is 5.75 Å². The zero-order valence-electron chi connectivity index (χ0n) is 9.79. The Labute approximate surface area is 103 Å². The third kappa shape index (κ3) is 3.42. The summed E-state index contributed by atoms with van der Waals surface area (Å²) in [5.41, 5.74) is 0.0565. The van der Waals surface area contributed by atoms with Crippen LogP contribution < -0.4 is 5.32 Å². The Bertz CT molecular complexity index is 461. The Kier molecular flexibility index (Phi) is 4.61. The Morgan fingerprint density at radius 2 is 2.22 bits per heavy atom. The molecule has 0 aliphatic rings. The highest BCUT2D eigenvalue weighted by Crippen LogP contribution is 2.26. The molecule has 1 unspecified atom stereocenters. The number of aliphatic carboxylic acids is 1.